The van der Waals surface area contributed by atoms with Gasteiger partial charge in [-0.15, -0.1) is 0 Å². The molecule has 0 amide bonds. The number of aliphatic hydroxyl groups excluding tert-OH is 3. The van der Waals surface area contributed by atoms with Crippen molar-refractivity contribution in [1.82, 2.24) is 5.32 Å². The fourth-order valence-corrected chi connectivity index (χ4v) is 3.44. The summed E-state index contributed by atoms with van der Waals surface area (Å²) >= 11 is 12.5. The summed E-state index contributed by atoms with van der Waals surface area (Å²) < 4.78 is 5.63. The number of hydrogen-bond acceptors (Lipinski definition) is 5. The van der Waals surface area contributed by atoms with Crippen LogP contribution in [0.4, 0.5) is 0 Å². The van der Waals surface area contributed by atoms with Gasteiger partial charge in [-0.25, -0.2) is 0 Å². The highest BCUT2D eigenvalue weighted by Crippen LogP contribution is 2.39. The third-order valence-corrected chi connectivity index (χ3v) is 5.08. The number of halogens is 2. The van der Waals surface area contributed by atoms with Gasteiger partial charge in [0.2, 0.25) is 0 Å². The molecular weight excluding hydrogens is 329 g/mol. The van der Waals surface area contributed by atoms with E-state index in [0.717, 1.165) is 19.4 Å². The maximum absolute atomic E-state index is 10.2. The molecule has 1 heterocycles. The van der Waals surface area contributed by atoms with Crippen LogP contribution in [0.15, 0.2) is 22.2 Å². The number of nitrogens with one attached hydrogen (secondary N) is 1. The van der Waals surface area contributed by atoms with Gasteiger partial charge in [-0.05, 0) is 19.0 Å². The Morgan fingerprint density at radius 2 is 2.00 bits per heavy atom. The molecule has 1 fully saturated rings. The highest BCUT2D eigenvalue weighted by atomic mass is 35.5. The van der Waals surface area contributed by atoms with Crippen molar-refractivity contribution < 1.29 is 20.1 Å². The molecule has 22 heavy (non-hydrogen) atoms. The lowest BCUT2D eigenvalue weighted by molar-refractivity contribution is -0.0394. The minimum Gasteiger partial charge on any atom is -0.394 e. The quantitative estimate of drug-likeness (QED) is 0.539. The van der Waals surface area contributed by atoms with Crippen molar-refractivity contribution in [2.24, 2.45) is 5.92 Å². The molecule has 0 aromatic heterocycles. The standard InChI is InChI=1S/C15H23Cl2NO4/c1-2-3-6-18-9-5-4-8(16)12(17)11(9)15-14(21)13(20)10(7-19)22-15/h4-5,9-11,13-15,18-21H,2-3,6-7H2,1H3/t9?,10-,11?,13-,14-,15+/m0/s1. The topological polar surface area (TPSA) is 82.0 Å². The first kappa shape index (κ1) is 18.2. The normalized spacial score (nSPS) is 38.8. The van der Waals surface area contributed by atoms with Gasteiger partial charge in [-0.1, -0.05) is 42.6 Å². The molecule has 2 unspecified atom stereocenters. The fourth-order valence-electron chi connectivity index (χ4n) is 2.92. The molecule has 0 saturated carbocycles. The summed E-state index contributed by atoms with van der Waals surface area (Å²) in [7, 11) is 0. The molecule has 2 rings (SSSR count). The number of allylic oxidation sites excluding steroid dienone is 2. The van der Waals surface area contributed by atoms with E-state index in [1.807, 2.05) is 6.08 Å². The minimum atomic E-state index is -1.14. The number of hydrogen-bond donors (Lipinski definition) is 4. The second-order valence-electron chi connectivity index (χ2n) is 5.72. The summed E-state index contributed by atoms with van der Waals surface area (Å²) in [4.78, 5) is 0. The third kappa shape index (κ3) is 3.67. The Labute approximate surface area is 140 Å². The summed E-state index contributed by atoms with van der Waals surface area (Å²) in [5.74, 6) is -0.405. The van der Waals surface area contributed by atoms with E-state index in [1.165, 1.54) is 0 Å². The molecular formula is C15H23Cl2NO4. The van der Waals surface area contributed by atoms with Crippen LogP contribution in [0.5, 0.6) is 0 Å². The molecule has 0 bridgehead atoms. The summed E-state index contributed by atoms with van der Waals surface area (Å²) in [5, 5.41) is 33.6. The van der Waals surface area contributed by atoms with Crippen LogP contribution in [-0.2, 0) is 4.74 Å². The Kier molecular flexibility index (Phi) is 6.71. The summed E-state index contributed by atoms with van der Waals surface area (Å²) in [5.41, 5.74) is 0. The lowest BCUT2D eigenvalue weighted by Gasteiger charge is -2.34. The highest BCUT2D eigenvalue weighted by Gasteiger charge is 2.49. The number of rotatable bonds is 6. The fraction of sp³-hybridized carbons (Fsp3) is 0.733. The zero-order valence-corrected chi connectivity index (χ0v) is 14.0. The van der Waals surface area contributed by atoms with E-state index in [-0.39, 0.29) is 12.6 Å². The maximum atomic E-state index is 10.2. The van der Waals surface area contributed by atoms with Gasteiger partial charge < -0.3 is 25.4 Å². The van der Waals surface area contributed by atoms with Crippen LogP contribution in [-0.4, -0.2) is 58.9 Å². The summed E-state index contributed by atoms with van der Waals surface area (Å²) in [6.07, 6.45) is 1.90. The third-order valence-electron chi connectivity index (χ3n) is 4.20. The molecule has 5 nitrogen and oxygen atoms in total. The van der Waals surface area contributed by atoms with Crippen molar-refractivity contribution in [3.8, 4) is 0 Å². The molecule has 1 saturated heterocycles. The molecule has 126 valence electrons. The molecule has 4 N–H and O–H groups in total. The predicted octanol–water partition coefficient (Wildman–Crippen LogP) is 1.10. The van der Waals surface area contributed by atoms with Gasteiger partial charge in [0.25, 0.3) is 0 Å². The van der Waals surface area contributed by atoms with Crippen LogP contribution < -0.4 is 5.32 Å². The van der Waals surface area contributed by atoms with E-state index in [2.05, 4.69) is 12.2 Å². The number of ether oxygens (including phenoxy) is 1. The molecule has 0 aromatic rings. The first-order chi connectivity index (χ1) is 10.5. The van der Waals surface area contributed by atoms with Gasteiger partial charge in [-0.2, -0.15) is 0 Å². The maximum Gasteiger partial charge on any atom is 0.111 e. The summed E-state index contributed by atoms with van der Waals surface area (Å²) in [6, 6.07) is -0.147. The van der Waals surface area contributed by atoms with Crippen LogP contribution in [0.1, 0.15) is 19.8 Å². The molecule has 0 aromatic carbocycles. The lowest BCUT2D eigenvalue weighted by atomic mass is 9.86. The van der Waals surface area contributed by atoms with Crippen molar-refractivity contribution >= 4 is 23.2 Å². The van der Waals surface area contributed by atoms with E-state index in [4.69, 9.17) is 27.9 Å². The van der Waals surface area contributed by atoms with Crippen molar-refractivity contribution in [3.05, 3.63) is 22.2 Å². The van der Waals surface area contributed by atoms with E-state index in [0.29, 0.717) is 10.1 Å². The van der Waals surface area contributed by atoms with E-state index >= 15 is 0 Å². The second kappa shape index (κ2) is 8.11. The van der Waals surface area contributed by atoms with Crippen LogP contribution in [0, 0.1) is 5.92 Å². The molecule has 1 aliphatic heterocycles. The number of unbranched alkanes of at least 4 members (excludes halogenated alkanes) is 1. The van der Waals surface area contributed by atoms with Gasteiger partial charge in [0.1, 0.15) is 18.3 Å². The first-order valence-electron chi connectivity index (χ1n) is 7.60. The molecule has 7 heteroatoms. The van der Waals surface area contributed by atoms with Crippen LogP contribution in [0.3, 0.4) is 0 Å². The van der Waals surface area contributed by atoms with E-state index in [1.54, 1.807) is 6.08 Å². The average Bonchev–Trinajstić information content (AvgIpc) is 2.79. The lowest BCUT2D eigenvalue weighted by Crippen LogP contribution is -2.47. The Hall–Kier alpha value is -0.140. The van der Waals surface area contributed by atoms with Gasteiger partial charge >= 0.3 is 0 Å². The Morgan fingerprint density at radius 3 is 2.59 bits per heavy atom. The van der Waals surface area contributed by atoms with Crippen molar-refractivity contribution in [2.75, 3.05) is 13.2 Å². The summed E-state index contributed by atoms with van der Waals surface area (Å²) in [6.45, 7) is 2.55. The van der Waals surface area contributed by atoms with Gasteiger partial charge in [0, 0.05) is 17.0 Å². The van der Waals surface area contributed by atoms with Crippen LogP contribution >= 0.6 is 23.2 Å². The Morgan fingerprint density at radius 1 is 1.27 bits per heavy atom. The van der Waals surface area contributed by atoms with Crippen molar-refractivity contribution in [3.63, 3.8) is 0 Å². The van der Waals surface area contributed by atoms with Crippen LogP contribution in [0.25, 0.3) is 0 Å². The van der Waals surface area contributed by atoms with E-state index < -0.39 is 30.3 Å². The molecule has 1 aliphatic carbocycles. The van der Waals surface area contributed by atoms with Crippen molar-refractivity contribution in [2.45, 2.75) is 50.2 Å². The zero-order valence-electron chi connectivity index (χ0n) is 12.5. The highest BCUT2D eigenvalue weighted by molar-refractivity contribution is 6.40. The predicted molar refractivity (Wildman–Crippen MR) is 85.8 cm³/mol. The van der Waals surface area contributed by atoms with E-state index in [9.17, 15) is 15.3 Å². The smallest absolute Gasteiger partial charge is 0.111 e. The van der Waals surface area contributed by atoms with Crippen molar-refractivity contribution in [1.29, 1.82) is 0 Å². The van der Waals surface area contributed by atoms with Gasteiger partial charge in [-0.3, -0.25) is 0 Å². The number of aliphatic hydroxyl groups is 3. The Bertz CT molecular complexity index is 443. The first-order valence-corrected chi connectivity index (χ1v) is 8.36. The SMILES string of the molecule is CCCCNC1C=CC(Cl)=C(Cl)C1[C@H]1O[C@@H](CO)[C@H](O)[C@@H]1O. The molecule has 6 atom stereocenters. The minimum absolute atomic E-state index is 0.147. The largest absolute Gasteiger partial charge is 0.394 e. The average molecular weight is 352 g/mol. The molecule has 0 radical (unpaired) electrons. The molecule has 2 aliphatic rings. The second-order valence-corrected chi connectivity index (χ2v) is 6.53. The Balaban J connectivity index is 2.18. The van der Waals surface area contributed by atoms with Crippen LogP contribution in [0.2, 0.25) is 0 Å². The van der Waals surface area contributed by atoms with Gasteiger partial charge in [0.15, 0.2) is 0 Å². The monoisotopic (exact) mass is 351 g/mol. The van der Waals surface area contributed by atoms with Gasteiger partial charge in [0.05, 0.1) is 17.7 Å². The zero-order chi connectivity index (χ0) is 16.3. The molecule has 0 spiro atoms.